The predicted octanol–water partition coefficient (Wildman–Crippen LogP) is 2.84. The Balaban J connectivity index is 1.41. The van der Waals surface area contributed by atoms with Crippen LogP contribution in [-0.2, 0) is 9.59 Å². The Labute approximate surface area is 175 Å². The third-order valence-electron chi connectivity index (χ3n) is 5.88. The van der Waals surface area contributed by atoms with Gasteiger partial charge in [-0.25, -0.2) is 4.39 Å². The molecule has 2 fully saturated rings. The van der Waals surface area contributed by atoms with E-state index in [2.05, 4.69) is 0 Å². The van der Waals surface area contributed by atoms with Crippen LogP contribution in [0.25, 0.3) is 0 Å². The summed E-state index contributed by atoms with van der Waals surface area (Å²) >= 11 is 0. The van der Waals surface area contributed by atoms with Gasteiger partial charge < -0.3 is 19.4 Å². The fourth-order valence-corrected chi connectivity index (χ4v) is 4.25. The van der Waals surface area contributed by atoms with Crippen LogP contribution in [0.2, 0.25) is 0 Å². The van der Waals surface area contributed by atoms with Crippen LogP contribution in [-0.4, -0.2) is 56.5 Å². The summed E-state index contributed by atoms with van der Waals surface area (Å²) in [5, 5.41) is 0. The monoisotopic (exact) mass is 411 g/mol. The zero-order chi connectivity index (χ0) is 21.3. The third-order valence-corrected chi connectivity index (χ3v) is 5.88. The standard InChI is InChI=1S/C23H26FN3O3/c1-16-7-8-21(30-2)20(13-16)27-15-17(14-22(27)28)23(29)26-11-9-25(10-12-26)19-6-4-3-5-18(19)24/h3-8,13,17H,9-12,14-15H2,1-2H3. The van der Waals surface area contributed by atoms with E-state index >= 15 is 0 Å². The highest BCUT2D eigenvalue weighted by molar-refractivity contribution is 6.01. The van der Waals surface area contributed by atoms with Crippen LogP contribution in [0.4, 0.5) is 15.8 Å². The number of benzene rings is 2. The number of para-hydroxylation sites is 1. The van der Waals surface area contributed by atoms with Crippen LogP contribution >= 0.6 is 0 Å². The highest BCUT2D eigenvalue weighted by atomic mass is 19.1. The summed E-state index contributed by atoms with van der Waals surface area (Å²) in [6.45, 7) is 4.49. The SMILES string of the molecule is COc1ccc(C)cc1N1CC(C(=O)N2CCN(c3ccccc3F)CC2)CC1=O. The maximum Gasteiger partial charge on any atom is 0.228 e. The summed E-state index contributed by atoms with van der Waals surface area (Å²) in [6.07, 6.45) is 0.198. The second-order valence-electron chi connectivity index (χ2n) is 7.84. The average molecular weight is 411 g/mol. The first-order valence-corrected chi connectivity index (χ1v) is 10.2. The number of hydrogen-bond donors (Lipinski definition) is 0. The minimum Gasteiger partial charge on any atom is -0.495 e. The summed E-state index contributed by atoms with van der Waals surface area (Å²) in [4.78, 5) is 31.2. The molecule has 30 heavy (non-hydrogen) atoms. The van der Waals surface area contributed by atoms with Gasteiger partial charge >= 0.3 is 0 Å². The smallest absolute Gasteiger partial charge is 0.228 e. The van der Waals surface area contributed by atoms with Gasteiger partial charge in [-0.15, -0.1) is 0 Å². The molecule has 0 spiro atoms. The minimum absolute atomic E-state index is 0.00865. The fourth-order valence-electron chi connectivity index (χ4n) is 4.25. The van der Waals surface area contributed by atoms with E-state index in [4.69, 9.17) is 4.74 Å². The van der Waals surface area contributed by atoms with Gasteiger partial charge in [-0.3, -0.25) is 9.59 Å². The lowest BCUT2D eigenvalue weighted by atomic mass is 10.1. The highest BCUT2D eigenvalue weighted by Gasteiger charge is 2.39. The quantitative estimate of drug-likeness (QED) is 0.777. The molecule has 0 bridgehead atoms. The topological polar surface area (TPSA) is 53.1 Å². The number of carbonyl (C=O) groups excluding carboxylic acids is 2. The van der Waals surface area contributed by atoms with Crippen molar-refractivity contribution in [2.45, 2.75) is 13.3 Å². The summed E-state index contributed by atoms with van der Waals surface area (Å²) in [7, 11) is 1.58. The second-order valence-corrected chi connectivity index (χ2v) is 7.84. The number of hydrogen-bond acceptors (Lipinski definition) is 4. The Morgan fingerprint density at radius 3 is 2.50 bits per heavy atom. The largest absolute Gasteiger partial charge is 0.495 e. The molecule has 0 saturated carbocycles. The van der Waals surface area contributed by atoms with Gasteiger partial charge in [0.1, 0.15) is 11.6 Å². The van der Waals surface area contributed by atoms with Gasteiger partial charge in [-0.1, -0.05) is 18.2 Å². The van der Waals surface area contributed by atoms with Crippen molar-refractivity contribution in [2.24, 2.45) is 5.92 Å². The first kappa shape index (κ1) is 20.2. The van der Waals surface area contributed by atoms with Gasteiger partial charge in [0.15, 0.2) is 0 Å². The van der Waals surface area contributed by atoms with Crippen molar-refractivity contribution in [1.82, 2.24) is 4.90 Å². The molecule has 2 aromatic rings. The Morgan fingerprint density at radius 1 is 1.07 bits per heavy atom. The molecule has 0 N–H and O–H groups in total. The zero-order valence-corrected chi connectivity index (χ0v) is 17.3. The van der Waals surface area contributed by atoms with Crippen molar-refractivity contribution in [2.75, 3.05) is 49.6 Å². The molecular formula is C23H26FN3O3. The summed E-state index contributed by atoms with van der Waals surface area (Å²) < 4.78 is 19.4. The summed E-state index contributed by atoms with van der Waals surface area (Å²) in [6, 6.07) is 12.4. The molecule has 1 unspecified atom stereocenters. The molecule has 2 heterocycles. The molecule has 2 amide bonds. The number of ether oxygens (including phenoxy) is 1. The maximum absolute atomic E-state index is 14.0. The van der Waals surface area contributed by atoms with Crippen LogP contribution in [0.5, 0.6) is 5.75 Å². The molecule has 7 heteroatoms. The first-order valence-electron chi connectivity index (χ1n) is 10.2. The molecule has 6 nitrogen and oxygen atoms in total. The molecule has 0 aliphatic carbocycles. The number of rotatable bonds is 4. The highest BCUT2D eigenvalue weighted by Crippen LogP contribution is 2.34. The van der Waals surface area contributed by atoms with Crippen molar-refractivity contribution in [3.8, 4) is 5.75 Å². The number of piperazine rings is 1. The Hall–Kier alpha value is -3.09. The van der Waals surface area contributed by atoms with Crippen molar-refractivity contribution in [3.63, 3.8) is 0 Å². The molecule has 0 radical (unpaired) electrons. The van der Waals surface area contributed by atoms with Crippen molar-refractivity contribution >= 4 is 23.2 Å². The summed E-state index contributed by atoms with van der Waals surface area (Å²) in [5.41, 5.74) is 2.30. The number of halogens is 1. The number of carbonyl (C=O) groups is 2. The fraction of sp³-hybridized carbons (Fsp3) is 0.391. The Morgan fingerprint density at radius 2 is 1.80 bits per heavy atom. The van der Waals surface area contributed by atoms with Crippen molar-refractivity contribution in [3.05, 3.63) is 53.8 Å². The second kappa shape index (κ2) is 8.34. The van der Waals surface area contributed by atoms with Gasteiger partial charge in [0, 0.05) is 39.1 Å². The molecule has 4 rings (SSSR count). The van der Waals surface area contributed by atoms with Gasteiger partial charge in [0.2, 0.25) is 11.8 Å². The Bertz CT molecular complexity index is 956. The number of aryl methyl sites for hydroxylation is 1. The number of methoxy groups -OCH3 is 1. The molecule has 2 aromatic carbocycles. The molecule has 158 valence electrons. The van der Waals surface area contributed by atoms with E-state index in [1.165, 1.54) is 6.07 Å². The Kier molecular flexibility index (Phi) is 5.61. The van der Waals surface area contributed by atoms with Crippen LogP contribution < -0.4 is 14.5 Å². The lowest BCUT2D eigenvalue weighted by Gasteiger charge is -2.37. The molecular weight excluding hydrogens is 385 g/mol. The van der Waals surface area contributed by atoms with Crippen LogP contribution in [0.1, 0.15) is 12.0 Å². The van der Waals surface area contributed by atoms with E-state index in [9.17, 15) is 14.0 Å². The molecule has 2 aliphatic rings. The minimum atomic E-state index is -0.372. The molecule has 2 saturated heterocycles. The molecule has 0 aromatic heterocycles. The van der Waals surface area contributed by atoms with Crippen molar-refractivity contribution in [1.29, 1.82) is 0 Å². The van der Waals surface area contributed by atoms with E-state index in [0.29, 0.717) is 49.8 Å². The van der Waals surface area contributed by atoms with E-state index in [1.807, 2.05) is 36.1 Å². The van der Waals surface area contributed by atoms with E-state index in [1.54, 1.807) is 29.0 Å². The zero-order valence-electron chi connectivity index (χ0n) is 17.3. The lowest BCUT2D eigenvalue weighted by Crippen LogP contribution is -2.51. The third kappa shape index (κ3) is 3.84. The number of nitrogens with zero attached hydrogens (tertiary/aromatic N) is 3. The van der Waals surface area contributed by atoms with Gasteiger partial charge in [0.25, 0.3) is 0 Å². The van der Waals surface area contributed by atoms with Crippen LogP contribution in [0, 0.1) is 18.7 Å². The predicted molar refractivity (Wildman–Crippen MR) is 113 cm³/mol. The maximum atomic E-state index is 14.0. The molecule has 1 atom stereocenters. The number of anilines is 2. The van der Waals surface area contributed by atoms with E-state index in [-0.39, 0.29) is 30.0 Å². The normalized spacial score (nSPS) is 19.4. The van der Waals surface area contributed by atoms with Gasteiger partial charge in [0.05, 0.1) is 24.4 Å². The van der Waals surface area contributed by atoms with Gasteiger partial charge in [-0.2, -0.15) is 0 Å². The van der Waals surface area contributed by atoms with Gasteiger partial charge in [-0.05, 0) is 36.8 Å². The van der Waals surface area contributed by atoms with Crippen LogP contribution in [0.15, 0.2) is 42.5 Å². The van der Waals surface area contributed by atoms with Crippen molar-refractivity contribution < 1.29 is 18.7 Å². The molecule has 2 aliphatic heterocycles. The van der Waals surface area contributed by atoms with E-state index in [0.717, 1.165) is 5.56 Å². The van der Waals surface area contributed by atoms with Crippen LogP contribution in [0.3, 0.4) is 0 Å². The van der Waals surface area contributed by atoms with E-state index < -0.39 is 0 Å². The first-order chi connectivity index (χ1) is 14.5. The number of amides is 2. The summed E-state index contributed by atoms with van der Waals surface area (Å²) in [5.74, 6) is -0.0717. The lowest BCUT2D eigenvalue weighted by molar-refractivity contribution is -0.136. The average Bonchev–Trinajstić information content (AvgIpc) is 3.15.